The normalized spacial score (nSPS) is 28.8. The van der Waals surface area contributed by atoms with Gasteiger partial charge in [-0.1, -0.05) is 20.8 Å². The molecule has 1 N–H and O–H groups in total. The van der Waals surface area contributed by atoms with E-state index in [1.54, 1.807) is 11.3 Å². The first-order chi connectivity index (χ1) is 8.31. The summed E-state index contributed by atoms with van der Waals surface area (Å²) in [5, 5.41) is 6.95. The Labute approximate surface area is 114 Å². The van der Waals surface area contributed by atoms with Gasteiger partial charge in [0, 0.05) is 29.5 Å². The first-order valence-electron chi connectivity index (χ1n) is 6.63. The van der Waals surface area contributed by atoms with E-state index >= 15 is 0 Å². The molecule has 102 valence electrons. The monoisotopic (exact) mass is 268 g/mol. The van der Waals surface area contributed by atoms with Gasteiger partial charge < -0.3 is 10.1 Å². The van der Waals surface area contributed by atoms with Gasteiger partial charge in [-0.3, -0.25) is 0 Å². The van der Waals surface area contributed by atoms with Gasteiger partial charge in [-0.2, -0.15) is 0 Å². The fourth-order valence-corrected chi connectivity index (χ4v) is 3.04. The van der Waals surface area contributed by atoms with Crippen LogP contribution in [0.25, 0.3) is 0 Å². The van der Waals surface area contributed by atoms with E-state index in [1.165, 1.54) is 10.7 Å². The van der Waals surface area contributed by atoms with Gasteiger partial charge in [0.05, 0.1) is 11.8 Å². The fraction of sp³-hybridized carbons (Fsp3) is 0.786. The van der Waals surface area contributed by atoms with Gasteiger partial charge in [0.2, 0.25) is 0 Å². The molecule has 1 aromatic rings. The van der Waals surface area contributed by atoms with Crippen molar-refractivity contribution in [2.75, 3.05) is 6.61 Å². The van der Waals surface area contributed by atoms with Crippen LogP contribution in [0, 0.1) is 0 Å². The number of hydrogen-bond acceptors (Lipinski definition) is 4. The number of hydrogen-bond donors (Lipinski definition) is 1. The molecule has 1 aromatic heterocycles. The molecule has 0 spiro atoms. The highest BCUT2D eigenvalue weighted by Crippen LogP contribution is 2.27. The zero-order valence-electron chi connectivity index (χ0n) is 12.0. The molecule has 1 aliphatic rings. The Bertz CT molecular complexity index is 410. The van der Waals surface area contributed by atoms with Crippen molar-refractivity contribution in [2.45, 2.75) is 64.6 Å². The van der Waals surface area contributed by atoms with E-state index in [-0.39, 0.29) is 17.1 Å². The maximum Gasteiger partial charge on any atom is 0.107 e. The van der Waals surface area contributed by atoms with Crippen molar-refractivity contribution in [1.82, 2.24) is 10.3 Å². The van der Waals surface area contributed by atoms with Crippen molar-refractivity contribution in [3.05, 3.63) is 16.1 Å². The van der Waals surface area contributed by atoms with Crippen molar-refractivity contribution in [3.63, 3.8) is 0 Å². The fourth-order valence-electron chi connectivity index (χ4n) is 2.08. The molecule has 0 aromatic carbocycles. The van der Waals surface area contributed by atoms with Crippen LogP contribution in [0.4, 0.5) is 0 Å². The molecule has 1 aliphatic heterocycles. The van der Waals surface area contributed by atoms with Crippen LogP contribution in [-0.4, -0.2) is 23.2 Å². The van der Waals surface area contributed by atoms with E-state index in [4.69, 9.17) is 9.72 Å². The lowest BCUT2D eigenvalue weighted by atomic mass is 9.93. The van der Waals surface area contributed by atoms with Gasteiger partial charge in [0.1, 0.15) is 5.01 Å². The van der Waals surface area contributed by atoms with E-state index in [0.29, 0.717) is 0 Å². The molecule has 4 heteroatoms. The average molecular weight is 268 g/mol. The van der Waals surface area contributed by atoms with Crippen LogP contribution in [0.3, 0.4) is 0 Å². The van der Waals surface area contributed by atoms with Crippen LogP contribution in [0.1, 0.15) is 51.7 Å². The summed E-state index contributed by atoms with van der Waals surface area (Å²) in [7, 11) is 0. The van der Waals surface area contributed by atoms with Crippen molar-refractivity contribution in [2.24, 2.45) is 0 Å². The third-order valence-electron chi connectivity index (χ3n) is 3.85. The molecular weight excluding hydrogens is 244 g/mol. The topological polar surface area (TPSA) is 34.1 Å². The van der Waals surface area contributed by atoms with Crippen molar-refractivity contribution >= 4 is 11.3 Å². The number of thiazole rings is 1. The zero-order valence-corrected chi connectivity index (χ0v) is 12.9. The van der Waals surface area contributed by atoms with E-state index < -0.39 is 0 Å². The minimum Gasteiger partial charge on any atom is -0.377 e. The van der Waals surface area contributed by atoms with Crippen LogP contribution in [-0.2, 0) is 16.7 Å². The largest absolute Gasteiger partial charge is 0.377 e. The maximum absolute atomic E-state index is 5.64. The van der Waals surface area contributed by atoms with Crippen LogP contribution >= 0.6 is 11.3 Å². The third kappa shape index (κ3) is 2.92. The second kappa shape index (κ2) is 4.91. The summed E-state index contributed by atoms with van der Waals surface area (Å²) in [4.78, 5) is 4.71. The summed E-state index contributed by atoms with van der Waals surface area (Å²) in [5.41, 5.74) is 1.42. The molecule has 0 aliphatic carbocycles. The quantitative estimate of drug-likeness (QED) is 0.914. The van der Waals surface area contributed by atoms with Gasteiger partial charge in [0.25, 0.3) is 0 Å². The number of ether oxygens (including phenoxy) is 1. The molecule has 18 heavy (non-hydrogen) atoms. The summed E-state index contributed by atoms with van der Waals surface area (Å²) < 4.78 is 5.64. The maximum atomic E-state index is 5.64. The number of rotatable bonds is 3. The second-order valence-corrected chi connectivity index (χ2v) is 7.35. The van der Waals surface area contributed by atoms with Gasteiger partial charge in [-0.25, -0.2) is 4.98 Å². The Morgan fingerprint density at radius 3 is 2.78 bits per heavy atom. The number of aromatic nitrogens is 1. The van der Waals surface area contributed by atoms with Crippen molar-refractivity contribution in [3.8, 4) is 0 Å². The Balaban J connectivity index is 1.97. The zero-order chi connectivity index (χ0) is 13.4. The molecule has 3 nitrogen and oxygen atoms in total. The summed E-state index contributed by atoms with van der Waals surface area (Å²) >= 11 is 1.75. The van der Waals surface area contributed by atoms with Crippen molar-refractivity contribution in [1.29, 1.82) is 0 Å². The predicted octanol–water partition coefficient (Wildman–Crippen LogP) is 3.10. The average Bonchev–Trinajstić information content (AvgIpc) is 2.84. The highest BCUT2D eigenvalue weighted by molar-refractivity contribution is 7.09. The smallest absolute Gasteiger partial charge is 0.107 e. The lowest BCUT2D eigenvalue weighted by molar-refractivity contribution is 0.0881. The van der Waals surface area contributed by atoms with Crippen LogP contribution in [0.15, 0.2) is 5.38 Å². The second-order valence-electron chi connectivity index (χ2n) is 6.41. The highest BCUT2D eigenvalue weighted by Gasteiger charge is 2.36. The number of nitrogens with one attached hydrogen (secondary N) is 1. The summed E-state index contributed by atoms with van der Waals surface area (Å²) in [6, 6.07) is 0. The standard InChI is InChI=1S/C14H24N2OS/c1-10-14(5,6-7-17-10)15-8-12-16-11(9-18-12)13(2,3)4/h9-10,15H,6-8H2,1-5H3. The Morgan fingerprint density at radius 2 is 2.28 bits per heavy atom. The summed E-state index contributed by atoms with van der Waals surface area (Å²) in [5.74, 6) is 0. The molecule has 0 saturated carbocycles. The molecular formula is C14H24N2OS. The third-order valence-corrected chi connectivity index (χ3v) is 4.70. The minimum atomic E-state index is 0.0908. The first-order valence-corrected chi connectivity index (χ1v) is 7.51. The van der Waals surface area contributed by atoms with E-state index in [1.807, 2.05) is 0 Å². The Kier molecular flexibility index (Phi) is 3.81. The minimum absolute atomic E-state index is 0.0908. The number of nitrogens with zero attached hydrogens (tertiary/aromatic N) is 1. The molecule has 1 fully saturated rings. The Morgan fingerprint density at radius 1 is 1.56 bits per heavy atom. The first kappa shape index (κ1) is 14.0. The lowest BCUT2D eigenvalue weighted by Crippen LogP contribution is -2.47. The SMILES string of the molecule is CC1OCCC1(C)NCc1nc(C(C)(C)C)cs1. The van der Waals surface area contributed by atoms with Gasteiger partial charge in [0.15, 0.2) is 0 Å². The molecule has 0 amide bonds. The lowest BCUT2D eigenvalue weighted by Gasteiger charge is -2.28. The molecule has 0 radical (unpaired) electrons. The molecule has 2 unspecified atom stereocenters. The van der Waals surface area contributed by atoms with E-state index in [2.05, 4.69) is 45.3 Å². The Hall–Kier alpha value is -0.450. The van der Waals surface area contributed by atoms with E-state index in [9.17, 15) is 0 Å². The molecule has 0 bridgehead atoms. The van der Waals surface area contributed by atoms with Gasteiger partial charge in [-0.15, -0.1) is 11.3 Å². The highest BCUT2D eigenvalue weighted by atomic mass is 32.1. The predicted molar refractivity (Wildman–Crippen MR) is 76.1 cm³/mol. The summed E-state index contributed by atoms with van der Waals surface area (Å²) in [6.07, 6.45) is 1.35. The van der Waals surface area contributed by atoms with Crippen molar-refractivity contribution < 1.29 is 4.74 Å². The van der Waals surface area contributed by atoms with Crippen LogP contribution < -0.4 is 5.32 Å². The van der Waals surface area contributed by atoms with Crippen LogP contribution in [0.5, 0.6) is 0 Å². The molecule has 2 heterocycles. The molecule has 2 atom stereocenters. The van der Waals surface area contributed by atoms with E-state index in [0.717, 1.165) is 19.6 Å². The molecule has 2 rings (SSSR count). The summed E-state index contributed by atoms with van der Waals surface area (Å²) in [6.45, 7) is 12.7. The molecule has 1 saturated heterocycles. The van der Waals surface area contributed by atoms with Gasteiger partial charge in [-0.05, 0) is 20.3 Å². The van der Waals surface area contributed by atoms with Crippen LogP contribution in [0.2, 0.25) is 0 Å². The van der Waals surface area contributed by atoms with Gasteiger partial charge >= 0.3 is 0 Å².